The van der Waals surface area contributed by atoms with E-state index in [1.54, 1.807) is 6.07 Å². The number of fused-ring (bicyclic) bond motifs is 1. The van der Waals surface area contributed by atoms with Crippen molar-refractivity contribution in [3.05, 3.63) is 72.8 Å². The molecule has 0 radical (unpaired) electrons. The van der Waals surface area contributed by atoms with Gasteiger partial charge in [-0.15, -0.1) is 0 Å². The molecule has 0 aliphatic rings. The second-order valence-electron chi connectivity index (χ2n) is 5.37. The van der Waals surface area contributed by atoms with E-state index < -0.39 is 11.8 Å². The predicted octanol–water partition coefficient (Wildman–Crippen LogP) is 3.83. The molecular formula is C20H18N2O2. The molecule has 4 heteroatoms. The first-order valence-corrected chi connectivity index (χ1v) is 7.86. The molecule has 2 amide bonds. The van der Waals surface area contributed by atoms with Gasteiger partial charge in [-0.3, -0.25) is 9.59 Å². The first-order valence-electron chi connectivity index (χ1n) is 7.86. The third kappa shape index (κ3) is 3.13. The van der Waals surface area contributed by atoms with E-state index in [0.717, 1.165) is 10.8 Å². The van der Waals surface area contributed by atoms with Crippen molar-refractivity contribution < 1.29 is 9.59 Å². The highest BCUT2D eigenvalue weighted by molar-refractivity contribution is 6.44. The van der Waals surface area contributed by atoms with E-state index in [1.165, 1.54) is 4.90 Å². The van der Waals surface area contributed by atoms with E-state index in [1.807, 2.05) is 73.7 Å². The zero-order chi connectivity index (χ0) is 16.9. The van der Waals surface area contributed by atoms with Gasteiger partial charge in [0.25, 0.3) is 0 Å². The van der Waals surface area contributed by atoms with Gasteiger partial charge in [0.15, 0.2) is 0 Å². The van der Waals surface area contributed by atoms with Gasteiger partial charge in [-0.1, -0.05) is 54.6 Å². The van der Waals surface area contributed by atoms with Crippen LogP contribution in [0.2, 0.25) is 0 Å². The van der Waals surface area contributed by atoms with Crippen LogP contribution in [0.25, 0.3) is 10.8 Å². The van der Waals surface area contributed by atoms with Crippen LogP contribution in [0.3, 0.4) is 0 Å². The molecule has 0 aliphatic carbocycles. The molecule has 3 aromatic carbocycles. The molecule has 0 aliphatic heterocycles. The zero-order valence-corrected chi connectivity index (χ0v) is 13.4. The Hall–Kier alpha value is -3.14. The minimum absolute atomic E-state index is 0.422. The third-order valence-corrected chi connectivity index (χ3v) is 3.86. The lowest BCUT2D eigenvalue weighted by atomic mass is 10.1. The summed E-state index contributed by atoms with van der Waals surface area (Å²) >= 11 is 0. The van der Waals surface area contributed by atoms with Gasteiger partial charge in [0.1, 0.15) is 0 Å². The zero-order valence-electron chi connectivity index (χ0n) is 13.4. The number of amides is 2. The molecule has 3 rings (SSSR count). The van der Waals surface area contributed by atoms with Gasteiger partial charge in [0.2, 0.25) is 0 Å². The van der Waals surface area contributed by atoms with Crippen molar-refractivity contribution in [1.82, 2.24) is 0 Å². The highest BCUT2D eigenvalue weighted by Crippen LogP contribution is 2.23. The second-order valence-corrected chi connectivity index (χ2v) is 5.37. The number of nitrogens with zero attached hydrogens (tertiary/aromatic N) is 1. The average molecular weight is 318 g/mol. The molecule has 3 aromatic rings. The van der Waals surface area contributed by atoms with Crippen LogP contribution in [0.15, 0.2) is 72.8 Å². The average Bonchev–Trinajstić information content (AvgIpc) is 2.63. The van der Waals surface area contributed by atoms with Gasteiger partial charge in [-0.05, 0) is 30.5 Å². The van der Waals surface area contributed by atoms with Crippen LogP contribution in [0.1, 0.15) is 6.92 Å². The lowest BCUT2D eigenvalue weighted by Crippen LogP contribution is -2.39. The number of benzene rings is 3. The van der Waals surface area contributed by atoms with Gasteiger partial charge >= 0.3 is 11.8 Å². The number of likely N-dealkylation sites (N-methyl/N-ethyl adjacent to an activating group) is 1. The summed E-state index contributed by atoms with van der Waals surface area (Å²) in [5.41, 5.74) is 1.34. The van der Waals surface area contributed by atoms with Crippen molar-refractivity contribution in [3.63, 3.8) is 0 Å². The number of anilines is 2. The molecule has 120 valence electrons. The highest BCUT2D eigenvalue weighted by atomic mass is 16.2. The molecule has 1 N–H and O–H groups in total. The van der Waals surface area contributed by atoms with E-state index in [2.05, 4.69) is 5.32 Å². The quantitative estimate of drug-likeness (QED) is 0.746. The number of para-hydroxylation sites is 1. The fraction of sp³-hybridized carbons (Fsp3) is 0.100. The van der Waals surface area contributed by atoms with E-state index in [-0.39, 0.29) is 0 Å². The van der Waals surface area contributed by atoms with Crippen LogP contribution in [-0.4, -0.2) is 18.4 Å². The van der Waals surface area contributed by atoms with Gasteiger partial charge in [0, 0.05) is 23.3 Å². The molecule has 24 heavy (non-hydrogen) atoms. The van der Waals surface area contributed by atoms with Gasteiger partial charge < -0.3 is 10.2 Å². The molecule has 0 spiro atoms. The molecule has 4 nitrogen and oxygen atoms in total. The van der Waals surface area contributed by atoms with E-state index in [4.69, 9.17) is 0 Å². The number of hydrogen-bond acceptors (Lipinski definition) is 2. The molecule has 0 unspecified atom stereocenters. The summed E-state index contributed by atoms with van der Waals surface area (Å²) in [6, 6.07) is 22.5. The lowest BCUT2D eigenvalue weighted by Gasteiger charge is -2.20. The monoisotopic (exact) mass is 318 g/mol. The molecular weight excluding hydrogens is 300 g/mol. The molecule has 0 saturated heterocycles. The number of carbonyl (C=O) groups excluding carboxylic acids is 2. The molecule has 0 heterocycles. The fourth-order valence-corrected chi connectivity index (χ4v) is 2.68. The summed E-state index contributed by atoms with van der Waals surface area (Å²) in [5.74, 6) is -1.21. The molecule has 0 saturated carbocycles. The Morgan fingerprint density at radius 3 is 2.29 bits per heavy atom. The maximum absolute atomic E-state index is 12.5. The predicted molar refractivity (Wildman–Crippen MR) is 97.0 cm³/mol. The molecule has 0 atom stereocenters. The van der Waals surface area contributed by atoms with Crippen molar-refractivity contribution in [2.45, 2.75) is 6.92 Å². The van der Waals surface area contributed by atoms with Crippen molar-refractivity contribution in [2.24, 2.45) is 0 Å². The van der Waals surface area contributed by atoms with Gasteiger partial charge in [0.05, 0.1) is 0 Å². The van der Waals surface area contributed by atoms with Crippen molar-refractivity contribution in [3.8, 4) is 0 Å². The Labute approximate surface area is 140 Å². The SMILES string of the molecule is CCN(C(=O)C(=O)Nc1cccc2ccccc12)c1ccccc1. The van der Waals surface area contributed by atoms with E-state index >= 15 is 0 Å². The van der Waals surface area contributed by atoms with Crippen molar-refractivity contribution >= 4 is 34.0 Å². The van der Waals surface area contributed by atoms with Crippen LogP contribution >= 0.6 is 0 Å². The highest BCUT2D eigenvalue weighted by Gasteiger charge is 2.22. The van der Waals surface area contributed by atoms with E-state index in [0.29, 0.717) is 17.9 Å². The number of hydrogen-bond donors (Lipinski definition) is 1. The normalized spacial score (nSPS) is 10.4. The molecule has 0 bridgehead atoms. The Bertz CT molecular complexity index is 870. The molecule has 0 aromatic heterocycles. The van der Waals surface area contributed by atoms with Gasteiger partial charge in [-0.2, -0.15) is 0 Å². The topological polar surface area (TPSA) is 49.4 Å². The minimum Gasteiger partial charge on any atom is -0.317 e. The van der Waals surface area contributed by atoms with Crippen molar-refractivity contribution in [1.29, 1.82) is 0 Å². The van der Waals surface area contributed by atoms with E-state index in [9.17, 15) is 9.59 Å². The largest absolute Gasteiger partial charge is 0.317 e. The number of nitrogens with one attached hydrogen (secondary N) is 1. The lowest BCUT2D eigenvalue weighted by molar-refractivity contribution is -0.134. The summed E-state index contributed by atoms with van der Waals surface area (Å²) in [6.45, 7) is 2.27. The first kappa shape index (κ1) is 15.7. The summed E-state index contributed by atoms with van der Waals surface area (Å²) in [4.78, 5) is 26.4. The van der Waals surface area contributed by atoms with Crippen LogP contribution in [0.5, 0.6) is 0 Å². The second kappa shape index (κ2) is 6.96. The summed E-state index contributed by atoms with van der Waals surface area (Å²) in [7, 11) is 0. The van der Waals surface area contributed by atoms with Crippen LogP contribution in [0.4, 0.5) is 11.4 Å². The Morgan fingerprint density at radius 2 is 1.54 bits per heavy atom. The fourth-order valence-electron chi connectivity index (χ4n) is 2.68. The van der Waals surface area contributed by atoms with Crippen LogP contribution in [0, 0.1) is 0 Å². The maximum Gasteiger partial charge on any atom is 0.316 e. The third-order valence-electron chi connectivity index (χ3n) is 3.86. The first-order chi connectivity index (χ1) is 11.7. The van der Waals surface area contributed by atoms with Crippen LogP contribution in [-0.2, 0) is 9.59 Å². The van der Waals surface area contributed by atoms with Crippen LogP contribution < -0.4 is 10.2 Å². The minimum atomic E-state index is -0.642. The Morgan fingerprint density at radius 1 is 0.875 bits per heavy atom. The smallest absolute Gasteiger partial charge is 0.316 e. The Kier molecular flexibility index (Phi) is 4.57. The number of rotatable bonds is 3. The summed E-state index contributed by atoms with van der Waals surface area (Å²) in [6.07, 6.45) is 0. The Balaban J connectivity index is 1.84. The van der Waals surface area contributed by atoms with Crippen molar-refractivity contribution in [2.75, 3.05) is 16.8 Å². The maximum atomic E-state index is 12.5. The molecule has 0 fully saturated rings. The number of carbonyl (C=O) groups is 2. The van der Waals surface area contributed by atoms with Gasteiger partial charge in [-0.25, -0.2) is 0 Å². The standard InChI is InChI=1S/C20H18N2O2/c1-2-22(16-11-4-3-5-12-16)20(24)19(23)21-18-14-8-10-15-9-6-7-13-17(15)18/h3-14H,2H2,1H3,(H,21,23). The summed E-state index contributed by atoms with van der Waals surface area (Å²) in [5, 5.41) is 4.66. The summed E-state index contributed by atoms with van der Waals surface area (Å²) < 4.78 is 0.